The van der Waals surface area contributed by atoms with Crippen molar-refractivity contribution in [3.05, 3.63) is 77.1 Å². The van der Waals surface area contributed by atoms with Gasteiger partial charge in [0.05, 0.1) is 40.4 Å². The highest BCUT2D eigenvalue weighted by molar-refractivity contribution is 6.31. The molecule has 2 aromatic heterocycles. The van der Waals surface area contributed by atoms with Gasteiger partial charge in [0, 0.05) is 29.4 Å². The van der Waals surface area contributed by atoms with E-state index in [9.17, 15) is 9.18 Å². The molecule has 4 aromatic rings. The van der Waals surface area contributed by atoms with Gasteiger partial charge >= 0.3 is 0 Å². The minimum Gasteiger partial charge on any atom is -0.332 e. The first-order valence-electron chi connectivity index (χ1n) is 11.9. The molecule has 4 heterocycles. The van der Waals surface area contributed by atoms with E-state index in [4.69, 9.17) is 11.6 Å². The SMILES string of the molecule is C[C@@H]1C2CC(C2)N(C(=O)c2cc(Cl)ccc2-n2nccn2)C1CCc1cnc2cc(F)ccc2n1. The van der Waals surface area contributed by atoms with Crippen LogP contribution in [-0.4, -0.2) is 47.9 Å². The van der Waals surface area contributed by atoms with Gasteiger partial charge < -0.3 is 4.90 Å². The molecule has 2 saturated heterocycles. The van der Waals surface area contributed by atoms with Crippen molar-refractivity contribution in [2.75, 3.05) is 0 Å². The van der Waals surface area contributed by atoms with Crippen LogP contribution < -0.4 is 0 Å². The number of carbonyl (C=O) groups is 1. The fourth-order valence-corrected chi connectivity index (χ4v) is 5.79. The summed E-state index contributed by atoms with van der Waals surface area (Å²) < 4.78 is 13.5. The maximum Gasteiger partial charge on any atom is 0.256 e. The fourth-order valence-electron chi connectivity index (χ4n) is 5.61. The van der Waals surface area contributed by atoms with Gasteiger partial charge in [0.1, 0.15) is 5.82 Å². The molecule has 0 radical (unpaired) electrons. The van der Waals surface area contributed by atoms with E-state index in [1.165, 1.54) is 16.9 Å². The highest BCUT2D eigenvalue weighted by Crippen LogP contribution is 2.48. The van der Waals surface area contributed by atoms with E-state index in [1.807, 2.05) is 0 Å². The van der Waals surface area contributed by atoms with E-state index < -0.39 is 0 Å². The van der Waals surface area contributed by atoms with Crippen molar-refractivity contribution in [1.29, 1.82) is 0 Å². The molecule has 178 valence electrons. The molecule has 7 rings (SSSR count). The summed E-state index contributed by atoms with van der Waals surface area (Å²) in [6, 6.07) is 9.98. The summed E-state index contributed by atoms with van der Waals surface area (Å²) in [6.45, 7) is 2.24. The van der Waals surface area contributed by atoms with E-state index in [2.05, 4.69) is 32.0 Å². The summed E-state index contributed by atoms with van der Waals surface area (Å²) in [4.78, 5) is 26.6. The van der Waals surface area contributed by atoms with Crippen molar-refractivity contribution < 1.29 is 9.18 Å². The van der Waals surface area contributed by atoms with E-state index in [0.717, 1.165) is 25.0 Å². The number of amides is 1. The van der Waals surface area contributed by atoms with Gasteiger partial charge in [-0.15, -0.1) is 0 Å². The summed E-state index contributed by atoms with van der Waals surface area (Å²) in [6.07, 6.45) is 8.40. The monoisotopic (exact) mass is 490 g/mol. The van der Waals surface area contributed by atoms with Gasteiger partial charge in [-0.2, -0.15) is 15.0 Å². The highest BCUT2D eigenvalue weighted by Gasteiger charge is 2.50. The Kier molecular flexibility index (Phi) is 5.48. The molecule has 9 heteroatoms. The van der Waals surface area contributed by atoms with Gasteiger partial charge in [-0.25, -0.2) is 9.37 Å². The molecule has 0 N–H and O–H groups in total. The second kappa shape index (κ2) is 8.68. The lowest BCUT2D eigenvalue weighted by molar-refractivity contribution is -0.0570. The van der Waals surface area contributed by atoms with Crippen molar-refractivity contribution in [2.24, 2.45) is 11.8 Å². The molecule has 1 saturated carbocycles. The standard InChI is InChI=1S/C26H24ClFN6O/c1-15-16-10-20(11-16)33(26(35)21-12-17(27)2-6-25(21)34-30-8-9-31-34)24(15)7-4-19-14-29-23-13-18(28)3-5-22(23)32-19/h2-3,5-6,8-9,12-16,20,24H,4,7,10-11H2,1H3/t15-,16?,20?,24?/m1/s1. The maximum atomic E-state index is 14.0. The number of halogens is 2. The normalized spacial score (nSPS) is 23.3. The summed E-state index contributed by atoms with van der Waals surface area (Å²) >= 11 is 6.31. The van der Waals surface area contributed by atoms with E-state index >= 15 is 0 Å². The number of benzene rings is 2. The van der Waals surface area contributed by atoms with Crippen LogP contribution in [0.25, 0.3) is 16.7 Å². The van der Waals surface area contributed by atoms with Gasteiger partial charge in [0.2, 0.25) is 0 Å². The Hall–Kier alpha value is -3.39. The predicted octanol–water partition coefficient (Wildman–Crippen LogP) is 4.87. The minimum absolute atomic E-state index is 0.0418. The number of aromatic nitrogens is 5. The molecule has 2 bridgehead atoms. The first-order chi connectivity index (χ1) is 17.0. The fraction of sp³-hybridized carbons (Fsp3) is 0.346. The van der Waals surface area contributed by atoms with Crippen LogP contribution in [0.3, 0.4) is 0 Å². The lowest BCUT2D eigenvalue weighted by Crippen LogP contribution is -2.63. The van der Waals surface area contributed by atoms with E-state index in [0.29, 0.717) is 45.6 Å². The molecular formula is C26H24ClFN6O. The number of carbonyl (C=O) groups excluding carboxylic acids is 1. The van der Waals surface area contributed by atoms with Gasteiger partial charge in [-0.05, 0) is 67.9 Å². The highest BCUT2D eigenvalue weighted by atomic mass is 35.5. The molecule has 1 unspecified atom stereocenters. The van der Waals surface area contributed by atoms with E-state index in [1.54, 1.807) is 42.9 Å². The Morgan fingerprint density at radius 2 is 1.91 bits per heavy atom. The van der Waals surface area contributed by atoms with Crippen LogP contribution in [-0.2, 0) is 6.42 Å². The molecule has 35 heavy (non-hydrogen) atoms. The zero-order valence-electron chi connectivity index (χ0n) is 19.2. The zero-order valence-corrected chi connectivity index (χ0v) is 19.9. The second-order valence-electron chi connectivity index (χ2n) is 9.54. The molecule has 7 nitrogen and oxygen atoms in total. The first kappa shape index (κ1) is 22.1. The topological polar surface area (TPSA) is 76.8 Å². The Morgan fingerprint density at radius 1 is 1.11 bits per heavy atom. The van der Waals surface area contributed by atoms with Crippen LogP contribution in [0.4, 0.5) is 4.39 Å². The molecule has 3 fully saturated rings. The van der Waals surface area contributed by atoms with Gasteiger partial charge in [0.25, 0.3) is 5.91 Å². The lowest BCUT2D eigenvalue weighted by Gasteiger charge is -2.57. The largest absolute Gasteiger partial charge is 0.332 e. The summed E-state index contributed by atoms with van der Waals surface area (Å²) in [5, 5.41) is 8.95. The van der Waals surface area contributed by atoms with Crippen molar-refractivity contribution in [2.45, 2.75) is 44.7 Å². The molecule has 1 aliphatic carbocycles. The maximum absolute atomic E-state index is 14.0. The lowest BCUT2D eigenvalue weighted by atomic mass is 9.64. The quantitative estimate of drug-likeness (QED) is 0.398. The van der Waals surface area contributed by atoms with Crippen molar-refractivity contribution >= 4 is 28.5 Å². The average Bonchev–Trinajstić information content (AvgIpc) is 3.36. The van der Waals surface area contributed by atoms with Gasteiger partial charge in [-0.1, -0.05) is 18.5 Å². The number of fused-ring (bicyclic) bond motifs is 3. The average molecular weight is 491 g/mol. The minimum atomic E-state index is -0.324. The van der Waals surface area contributed by atoms with E-state index in [-0.39, 0.29) is 23.8 Å². The molecule has 3 aliphatic rings. The van der Waals surface area contributed by atoms with Crippen LogP contribution in [0.1, 0.15) is 42.2 Å². The molecule has 2 aliphatic heterocycles. The first-order valence-corrected chi connectivity index (χ1v) is 12.3. The third-order valence-corrected chi connectivity index (χ3v) is 7.79. The van der Waals surface area contributed by atoms with Crippen LogP contribution in [0.2, 0.25) is 5.02 Å². The summed E-state index contributed by atoms with van der Waals surface area (Å²) in [5.41, 5.74) is 3.17. The van der Waals surface area contributed by atoms with Crippen LogP contribution in [0, 0.1) is 17.7 Å². The Balaban J connectivity index is 1.29. The summed E-state index contributed by atoms with van der Waals surface area (Å²) in [5.74, 6) is 0.637. The molecule has 2 aromatic carbocycles. The van der Waals surface area contributed by atoms with Gasteiger partial charge in [-0.3, -0.25) is 9.78 Å². The Bertz CT molecular complexity index is 1400. The van der Waals surface area contributed by atoms with Crippen LogP contribution in [0.15, 0.2) is 55.0 Å². The molecule has 2 atom stereocenters. The number of piperidine rings is 2. The number of hydrogen-bond donors (Lipinski definition) is 0. The zero-order chi connectivity index (χ0) is 24.1. The third-order valence-electron chi connectivity index (χ3n) is 7.56. The molecule has 0 spiro atoms. The molecule has 1 amide bonds. The van der Waals surface area contributed by atoms with Crippen molar-refractivity contribution in [1.82, 2.24) is 29.9 Å². The van der Waals surface area contributed by atoms with Crippen molar-refractivity contribution in [3.63, 3.8) is 0 Å². The number of hydrogen-bond acceptors (Lipinski definition) is 5. The Morgan fingerprint density at radius 3 is 2.71 bits per heavy atom. The smallest absolute Gasteiger partial charge is 0.256 e. The van der Waals surface area contributed by atoms with Gasteiger partial charge in [0.15, 0.2) is 0 Å². The third kappa shape index (κ3) is 3.95. The number of aryl methyl sites for hydroxylation is 1. The number of rotatable bonds is 5. The van der Waals surface area contributed by atoms with Crippen LogP contribution >= 0.6 is 11.6 Å². The second-order valence-corrected chi connectivity index (χ2v) is 9.97. The predicted molar refractivity (Wildman–Crippen MR) is 130 cm³/mol. The summed E-state index contributed by atoms with van der Waals surface area (Å²) in [7, 11) is 0. The van der Waals surface area contributed by atoms with Crippen molar-refractivity contribution in [3.8, 4) is 5.69 Å². The number of nitrogens with zero attached hydrogens (tertiary/aromatic N) is 6. The van der Waals surface area contributed by atoms with Crippen LogP contribution in [0.5, 0.6) is 0 Å². The molecular weight excluding hydrogens is 467 g/mol. The Labute approximate surface area is 206 Å².